The zero-order valence-electron chi connectivity index (χ0n) is 12.1. The number of halogens is 1. The average molecular weight is 342 g/mol. The minimum atomic E-state index is -0.238. The number of piperidine rings is 1. The van der Waals surface area contributed by atoms with Crippen LogP contribution >= 0.6 is 15.9 Å². The second kappa shape index (κ2) is 6.14. The topological polar surface area (TPSA) is 38.8 Å². The van der Waals surface area contributed by atoms with Gasteiger partial charge in [-0.05, 0) is 53.9 Å². The molecule has 0 radical (unpaired) electrons. The van der Waals surface area contributed by atoms with E-state index in [-0.39, 0.29) is 11.5 Å². The molecule has 1 aliphatic rings. The zero-order chi connectivity index (χ0) is 14.8. The number of benzene rings is 1. The first-order valence-electron chi connectivity index (χ1n) is 6.67. The highest BCUT2D eigenvalue weighted by atomic mass is 79.9. The highest BCUT2D eigenvalue weighted by Gasteiger charge is 2.33. The molecule has 0 N–H and O–H groups in total. The number of rotatable bonds is 3. The van der Waals surface area contributed by atoms with Gasteiger partial charge in [-0.1, -0.05) is 0 Å². The van der Waals surface area contributed by atoms with Crippen LogP contribution < -0.4 is 4.74 Å². The summed E-state index contributed by atoms with van der Waals surface area (Å²) in [5.41, 5.74) is 0.426. The summed E-state index contributed by atoms with van der Waals surface area (Å²) in [7, 11) is 3.31. The first kappa shape index (κ1) is 15.3. The van der Waals surface area contributed by atoms with Crippen molar-refractivity contribution >= 4 is 21.8 Å². The van der Waals surface area contributed by atoms with Gasteiger partial charge >= 0.3 is 0 Å². The first-order chi connectivity index (χ1) is 9.49. The Morgan fingerprint density at radius 3 is 2.75 bits per heavy atom. The summed E-state index contributed by atoms with van der Waals surface area (Å²) in [5, 5.41) is 0. The maximum absolute atomic E-state index is 12.6. The van der Waals surface area contributed by atoms with Gasteiger partial charge in [0.05, 0.1) is 17.2 Å². The fourth-order valence-corrected chi connectivity index (χ4v) is 3.07. The largest absolute Gasteiger partial charge is 0.496 e. The van der Waals surface area contributed by atoms with Crippen LogP contribution in [0.25, 0.3) is 0 Å². The number of ether oxygens (including phenoxy) is 2. The maximum Gasteiger partial charge on any atom is 0.253 e. The lowest BCUT2D eigenvalue weighted by molar-refractivity contribution is -0.0440. The molecule has 0 spiro atoms. The van der Waals surface area contributed by atoms with Crippen LogP contribution in [-0.4, -0.2) is 43.7 Å². The highest BCUT2D eigenvalue weighted by molar-refractivity contribution is 9.10. The molecule has 0 aliphatic carbocycles. The molecule has 1 aromatic rings. The number of amides is 1. The molecule has 1 saturated heterocycles. The summed E-state index contributed by atoms with van der Waals surface area (Å²) in [4.78, 5) is 14.4. The number of carbonyl (C=O) groups is 1. The molecule has 5 heteroatoms. The second-order valence-electron chi connectivity index (χ2n) is 5.33. The monoisotopic (exact) mass is 341 g/mol. The molecule has 1 atom stereocenters. The highest BCUT2D eigenvalue weighted by Crippen LogP contribution is 2.28. The molecule has 1 fully saturated rings. The molecule has 1 unspecified atom stereocenters. The lowest BCUT2D eigenvalue weighted by Crippen LogP contribution is -2.49. The van der Waals surface area contributed by atoms with E-state index in [1.165, 1.54) is 0 Å². The van der Waals surface area contributed by atoms with Gasteiger partial charge in [0, 0.05) is 25.8 Å². The van der Waals surface area contributed by atoms with E-state index in [1.807, 2.05) is 4.90 Å². The van der Waals surface area contributed by atoms with Crippen molar-refractivity contribution in [2.45, 2.75) is 25.4 Å². The molecule has 4 nitrogen and oxygen atoms in total. The molecule has 1 aliphatic heterocycles. The molecule has 1 aromatic carbocycles. The van der Waals surface area contributed by atoms with Gasteiger partial charge in [-0.2, -0.15) is 0 Å². The van der Waals surface area contributed by atoms with Crippen LogP contribution in [0, 0.1) is 0 Å². The van der Waals surface area contributed by atoms with Crippen molar-refractivity contribution in [3.8, 4) is 5.75 Å². The van der Waals surface area contributed by atoms with Crippen LogP contribution in [0.2, 0.25) is 0 Å². The van der Waals surface area contributed by atoms with E-state index in [1.54, 1.807) is 32.4 Å². The van der Waals surface area contributed by atoms with Crippen molar-refractivity contribution < 1.29 is 14.3 Å². The van der Waals surface area contributed by atoms with Crippen LogP contribution in [0.1, 0.15) is 30.1 Å². The fraction of sp³-hybridized carbons (Fsp3) is 0.533. The minimum absolute atomic E-state index is 0.0383. The molecule has 110 valence electrons. The predicted molar refractivity (Wildman–Crippen MR) is 81.2 cm³/mol. The number of carbonyl (C=O) groups excluding carboxylic acids is 1. The minimum Gasteiger partial charge on any atom is -0.496 e. The lowest BCUT2D eigenvalue weighted by Gasteiger charge is -2.39. The Hall–Kier alpha value is -1.07. The van der Waals surface area contributed by atoms with Gasteiger partial charge in [0.1, 0.15) is 5.75 Å². The van der Waals surface area contributed by atoms with Gasteiger partial charge < -0.3 is 14.4 Å². The van der Waals surface area contributed by atoms with Gasteiger partial charge in [0.2, 0.25) is 0 Å². The Kier molecular flexibility index (Phi) is 4.70. The van der Waals surface area contributed by atoms with Crippen LogP contribution in [0.4, 0.5) is 0 Å². The van der Waals surface area contributed by atoms with Crippen molar-refractivity contribution in [2.75, 3.05) is 27.3 Å². The summed E-state index contributed by atoms with van der Waals surface area (Å²) in [6.07, 6.45) is 1.95. The molecule has 2 rings (SSSR count). The van der Waals surface area contributed by atoms with E-state index in [0.717, 1.165) is 29.6 Å². The Morgan fingerprint density at radius 2 is 2.15 bits per heavy atom. The Balaban J connectivity index is 2.17. The van der Waals surface area contributed by atoms with E-state index < -0.39 is 0 Å². The van der Waals surface area contributed by atoms with Gasteiger partial charge in [-0.15, -0.1) is 0 Å². The van der Waals surface area contributed by atoms with Crippen molar-refractivity contribution in [1.82, 2.24) is 4.90 Å². The van der Waals surface area contributed by atoms with Crippen molar-refractivity contribution in [3.63, 3.8) is 0 Å². The van der Waals surface area contributed by atoms with Crippen LogP contribution in [0.5, 0.6) is 5.75 Å². The van der Waals surface area contributed by atoms with Crippen LogP contribution in [-0.2, 0) is 4.74 Å². The smallest absolute Gasteiger partial charge is 0.253 e. The Labute approximate surface area is 128 Å². The maximum atomic E-state index is 12.6. The number of hydrogen-bond acceptors (Lipinski definition) is 3. The third-order valence-corrected chi connectivity index (χ3v) is 4.46. The summed E-state index contributed by atoms with van der Waals surface area (Å²) < 4.78 is 11.5. The summed E-state index contributed by atoms with van der Waals surface area (Å²) >= 11 is 3.42. The summed E-state index contributed by atoms with van der Waals surface area (Å²) in [6, 6.07) is 5.40. The molecule has 0 bridgehead atoms. The van der Waals surface area contributed by atoms with Gasteiger partial charge in [0.25, 0.3) is 5.91 Å². The standard InChI is InChI=1S/C15H20BrNO3/c1-15(20-3)7-4-8-17(10-15)14(18)11-5-6-13(19-2)12(16)9-11/h5-6,9H,4,7-8,10H2,1-3H3. The van der Waals surface area contributed by atoms with E-state index in [2.05, 4.69) is 22.9 Å². The fourth-order valence-electron chi connectivity index (χ4n) is 2.53. The van der Waals surface area contributed by atoms with Gasteiger partial charge in [0.15, 0.2) is 0 Å². The quantitative estimate of drug-likeness (QED) is 0.847. The van der Waals surface area contributed by atoms with Crippen molar-refractivity contribution in [3.05, 3.63) is 28.2 Å². The molecular weight excluding hydrogens is 322 g/mol. The molecule has 0 aromatic heterocycles. The van der Waals surface area contributed by atoms with Crippen molar-refractivity contribution in [2.24, 2.45) is 0 Å². The SMILES string of the molecule is COc1ccc(C(=O)N2CCCC(C)(OC)C2)cc1Br. The van der Waals surface area contributed by atoms with Gasteiger partial charge in [-0.25, -0.2) is 0 Å². The number of likely N-dealkylation sites (tertiary alicyclic amines) is 1. The molecule has 0 saturated carbocycles. The molecular formula is C15H20BrNO3. The second-order valence-corrected chi connectivity index (χ2v) is 6.19. The predicted octanol–water partition coefficient (Wildman–Crippen LogP) is 3.10. The van der Waals surface area contributed by atoms with Crippen LogP contribution in [0.15, 0.2) is 22.7 Å². The normalized spacial score (nSPS) is 22.7. The van der Waals surface area contributed by atoms with E-state index in [9.17, 15) is 4.79 Å². The van der Waals surface area contributed by atoms with E-state index in [4.69, 9.17) is 9.47 Å². The zero-order valence-corrected chi connectivity index (χ0v) is 13.7. The lowest BCUT2D eigenvalue weighted by atomic mass is 9.94. The van der Waals surface area contributed by atoms with Crippen molar-refractivity contribution in [1.29, 1.82) is 0 Å². The Morgan fingerprint density at radius 1 is 1.40 bits per heavy atom. The van der Waals surface area contributed by atoms with E-state index >= 15 is 0 Å². The number of hydrogen-bond donors (Lipinski definition) is 0. The number of nitrogens with zero attached hydrogens (tertiary/aromatic N) is 1. The summed E-state index contributed by atoms with van der Waals surface area (Å²) in [6.45, 7) is 3.46. The molecule has 20 heavy (non-hydrogen) atoms. The first-order valence-corrected chi connectivity index (χ1v) is 7.46. The number of methoxy groups -OCH3 is 2. The third kappa shape index (κ3) is 3.15. The van der Waals surface area contributed by atoms with Crippen LogP contribution in [0.3, 0.4) is 0 Å². The molecule has 1 amide bonds. The summed E-state index contributed by atoms with van der Waals surface area (Å²) in [5.74, 6) is 0.762. The Bertz CT molecular complexity index is 506. The third-order valence-electron chi connectivity index (χ3n) is 3.84. The average Bonchev–Trinajstić information content (AvgIpc) is 2.46. The van der Waals surface area contributed by atoms with E-state index in [0.29, 0.717) is 12.1 Å². The van der Waals surface area contributed by atoms with Gasteiger partial charge in [-0.3, -0.25) is 4.79 Å². The molecule has 1 heterocycles.